The molecule has 0 spiro atoms. The molecule has 0 bridgehead atoms. The minimum Gasteiger partial charge on any atom is -0.497 e. The molecule has 180 valence electrons. The van der Waals surface area contributed by atoms with E-state index in [9.17, 15) is 9.59 Å². The Morgan fingerprint density at radius 2 is 1.74 bits per heavy atom. The van der Waals surface area contributed by atoms with E-state index < -0.39 is 5.63 Å². The first-order valence-corrected chi connectivity index (χ1v) is 11.0. The van der Waals surface area contributed by atoms with Crippen LogP contribution in [0.25, 0.3) is 11.0 Å². The van der Waals surface area contributed by atoms with Gasteiger partial charge in [-0.2, -0.15) is 0 Å². The number of anilines is 1. The molecule has 34 heavy (non-hydrogen) atoms. The van der Waals surface area contributed by atoms with Crippen LogP contribution in [0.3, 0.4) is 0 Å². The second kappa shape index (κ2) is 8.93. The highest BCUT2D eigenvalue weighted by Crippen LogP contribution is 2.43. The first-order valence-electron chi connectivity index (χ1n) is 11.0. The van der Waals surface area contributed by atoms with Crippen molar-refractivity contribution in [3.63, 3.8) is 0 Å². The number of carbonyl (C=O) groups excluding carboxylic acids is 1. The van der Waals surface area contributed by atoms with Crippen molar-refractivity contribution in [3.05, 3.63) is 51.4 Å². The van der Waals surface area contributed by atoms with Crippen LogP contribution in [0.15, 0.2) is 33.5 Å². The maximum atomic E-state index is 13.0. The van der Waals surface area contributed by atoms with Gasteiger partial charge in [-0.05, 0) is 39.2 Å². The topological polar surface area (TPSA) is 96.2 Å². The van der Waals surface area contributed by atoms with Crippen molar-refractivity contribution in [2.24, 2.45) is 0 Å². The van der Waals surface area contributed by atoms with Crippen molar-refractivity contribution in [2.45, 2.75) is 45.6 Å². The van der Waals surface area contributed by atoms with E-state index in [2.05, 4.69) is 5.32 Å². The van der Waals surface area contributed by atoms with Crippen molar-refractivity contribution >= 4 is 22.6 Å². The van der Waals surface area contributed by atoms with Gasteiger partial charge in [0, 0.05) is 35.5 Å². The lowest BCUT2D eigenvalue weighted by atomic mass is 9.91. The molecule has 0 fully saturated rings. The monoisotopic (exact) mass is 467 g/mol. The molecule has 0 aliphatic carbocycles. The summed E-state index contributed by atoms with van der Waals surface area (Å²) in [5, 5.41) is 3.48. The summed E-state index contributed by atoms with van der Waals surface area (Å²) in [4.78, 5) is 25.8. The van der Waals surface area contributed by atoms with Gasteiger partial charge in [0.1, 0.15) is 34.2 Å². The molecule has 0 unspecified atom stereocenters. The lowest BCUT2D eigenvalue weighted by molar-refractivity contribution is -0.115. The Balaban J connectivity index is 1.72. The zero-order valence-corrected chi connectivity index (χ0v) is 20.3. The van der Waals surface area contributed by atoms with Crippen LogP contribution in [0, 0.1) is 6.92 Å². The lowest BCUT2D eigenvalue weighted by Gasteiger charge is -2.33. The normalized spacial score (nSPS) is 14.2. The molecule has 1 N–H and O–H groups in total. The predicted octanol–water partition coefficient (Wildman–Crippen LogP) is 4.41. The van der Waals surface area contributed by atoms with Crippen LogP contribution >= 0.6 is 0 Å². The van der Waals surface area contributed by atoms with Crippen molar-refractivity contribution < 1.29 is 28.2 Å². The van der Waals surface area contributed by atoms with E-state index in [1.807, 2.05) is 19.9 Å². The maximum Gasteiger partial charge on any atom is 0.340 e. The molecule has 3 aromatic rings. The Kier molecular flexibility index (Phi) is 6.17. The Morgan fingerprint density at radius 3 is 2.35 bits per heavy atom. The molecular weight excluding hydrogens is 438 g/mol. The number of amides is 1. The second-order valence-electron chi connectivity index (χ2n) is 8.94. The summed E-state index contributed by atoms with van der Waals surface area (Å²) in [6, 6.07) is 6.88. The number of aryl methyl sites for hydroxylation is 2. The van der Waals surface area contributed by atoms with Gasteiger partial charge in [0.05, 0.1) is 38.7 Å². The van der Waals surface area contributed by atoms with Gasteiger partial charge in [-0.15, -0.1) is 0 Å². The highest BCUT2D eigenvalue weighted by Gasteiger charge is 2.31. The molecule has 1 amide bonds. The summed E-state index contributed by atoms with van der Waals surface area (Å²) < 4.78 is 28.0. The fraction of sp³-hybridized carbons (Fsp3) is 0.385. The van der Waals surface area contributed by atoms with E-state index in [1.165, 1.54) is 14.2 Å². The zero-order valence-electron chi connectivity index (χ0n) is 20.3. The number of rotatable bonds is 6. The van der Waals surface area contributed by atoms with Crippen LogP contribution < -0.4 is 29.9 Å². The Labute approximate surface area is 197 Å². The van der Waals surface area contributed by atoms with E-state index in [1.54, 1.807) is 32.2 Å². The van der Waals surface area contributed by atoms with Gasteiger partial charge in [0.2, 0.25) is 5.91 Å². The Morgan fingerprint density at radius 1 is 1.06 bits per heavy atom. The van der Waals surface area contributed by atoms with E-state index in [-0.39, 0.29) is 23.5 Å². The van der Waals surface area contributed by atoms with Gasteiger partial charge in [-0.1, -0.05) is 0 Å². The Bertz CT molecular complexity index is 1300. The molecule has 1 aliphatic heterocycles. The number of carbonyl (C=O) groups is 1. The zero-order chi connectivity index (χ0) is 24.6. The minimum atomic E-state index is -0.552. The number of nitrogens with one attached hydrogen (secondary N) is 1. The van der Waals surface area contributed by atoms with E-state index in [4.69, 9.17) is 23.4 Å². The van der Waals surface area contributed by atoms with Crippen molar-refractivity contribution in [1.29, 1.82) is 0 Å². The van der Waals surface area contributed by atoms with Gasteiger partial charge in [0.25, 0.3) is 0 Å². The van der Waals surface area contributed by atoms with Gasteiger partial charge >= 0.3 is 5.63 Å². The molecule has 1 aliphatic rings. The molecule has 8 heteroatoms. The molecule has 4 rings (SSSR count). The van der Waals surface area contributed by atoms with Gasteiger partial charge in [-0.3, -0.25) is 4.79 Å². The van der Waals surface area contributed by atoms with Crippen LogP contribution in [0.5, 0.6) is 23.0 Å². The molecule has 0 saturated carbocycles. The number of fused-ring (bicyclic) bond motifs is 3. The van der Waals surface area contributed by atoms with E-state index >= 15 is 0 Å². The van der Waals surface area contributed by atoms with E-state index in [0.717, 1.165) is 12.0 Å². The standard InChI is InChI=1S/C26H29NO7/c1-14-19(12-22(28)27-15-9-16(30-4)11-17(10-15)31-5)25(29)33-24-18-7-8-26(2,3)34-20(18)13-21(32-6)23(14)24/h9-11,13H,7-8,12H2,1-6H3,(H,27,28). The molecule has 2 heterocycles. The summed E-state index contributed by atoms with van der Waals surface area (Å²) >= 11 is 0. The van der Waals surface area contributed by atoms with Crippen molar-refractivity contribution in [1.82, 2.24) is 0 Å². The molecule has 0 saturated heterocycles. The van der Waals surface area contributed by atoms with E-state index in [0.29, 0.717) is 51.6 Å². The van der Waals surface area contributed by atoms with Gasteiger partial charge in [0.15, 0.2) is 0 Å². The molecule has 1 aromatic heterocycles. The molecule has 0 atom stereocenters. The molecule has 2 aromatic carbocycles. The minimum absolute atomic E-state index is 0.159. The Hall–Kier alpha value is -3.68. The van der Waals surface area contributed by atoms with Gasteiger partial charge in [-0.25, -0.2) is 4.79 Å². The number of ether oxygens (including phenoxy) is 4. The first-order chi connectivity index (χ1) is 16.2. The molecule has 0 radical (unpaired) electrons. The fourth-order valence-electron chi connectivity index (χ4n) is 4.29. The smallest absolute Gasteiger partial charge is 0.340 e. The van der Waals surface area contributed by atoms with Crippen molar-refractivity contribution in [2.75, 3.05) is 26.6 Å². The third-order valence-electron chi connectivity index (χ3n) is 6.13. The molecular formula is C26H29NO7. The van der Waals surface area contributed by atoms with Crippen LogP contribution in [0.1, 0.15) is 37.0 Å². The summed E-state index contributed by atoms with van der Waals surface area (Å²) in [5.41, 5.74) is 1.84. The number of hydrogen-bond acceptors (Lipinski definition) is 7. The number of hydrogen-bond donors (Lipinski definition) is 1. The van der Waals surface area contributed by atoms with Crippen LogP contribution in [0.2, 0.25) is 0 Å². The largest absolute Gasteiger partial charge is 0.497 e. The quantitative estimate of drug-likeness (QED) is 0.537. The summed E-state index contributed by atoms with van der Waals surface area (Å²) in [7, 11) is 4.62. The first kappa shape index (κ1) is 23.5. The summed E-state index contributed by atoms with van der Waals surface area (Å²) in [5.74, 6) is 1.89. The van der Waals surface area contributed by atoms with Crippen molar-refractivity contribution in [3.8, 4) is 23.0 Å². The lowest BCUT2D eigenvalue weighted by Crippen LogP contribution is -2.32. The van der Waals surface area contributed by atoms with Crippen LogP contribution in [-0.4, -0.2) is 32.8 Å². The van der Waals surface area contributed by atoms with Crippen LogP contribution in [0.4, 0.5) is 5.69 Å². The number of methoxy groups -OCH3 is 3. The van der Waals surface area contributed by atoms with Gasteiger partial charge < -0.3 is 28.7 Å². The SMILES string of the molecule is COc1cc(NC(=O)Cc2c(C)c3c(OC)cc4c(c3oc2=O)CCC(C)(C)O4)cc(OC)c1. The summed E-state index contributed by atoms with van der Waals surface area (Å²) in [6.07, 6.45) is 1.34. The average Bonchev–Trinajstić information content (AvgIpc) is 2.79. The molecule has 8 nitrogen and oxygen atoms in total. The fourth-order valence-corrected chi connectivity index (χ4v) is 4.29. The second-order valence-corrected chi connectivity index (χ2v) is 8.94. The maximum absolute atomic E-state index is 13.0. The average molecular weight is 468 g/mol. The summed E-state index contributed by atoms with van der Waals surface area (Å²) in [6.45, 7) is 5.85. The highest BCUT2D eigenvalue weighted by atomic mass is 16.5. The number of benzene rings is 2. The third kappa shape index (κ3) is 4.40. The highest BCUT2D eigenvalue weighted by molar-refractivity contribution is 5.96. The third-order valence-corrected chi connectivity index (χ3v) is 6.13. The van der Waals surface area contributed by atoms with Crippen LogP contribution in [-0.2, 0) is 17.6 Å². The predicted molar refractivity (Wildman–Crippen MR) is 129 cm³/mol.